The Morgan fingerprint density at radius 2 is 2.40 bits per heavy atom. The Kier molecular flexibility index (Phi) is 2.80. The van der Waals surface area contributed by atoms with Crippen LogP contribution in [0.4, 0.5) is 0 Å². The van der Waals surface area contributed by atoms with E-state index in [2.05, 4.69) is 4.98 Å². The number of imidazole rings is 1. The molecule has 1 fully saturated rings. The molecule has 0 aliphatic heterocycles. The zero-order valence-corrected chi connectivity index (χ0v) is 9.31. The van der Waals surface area contributed by atoms with Crippen LogP contribution in [-0.4, -0.2) is 33.5 Å². The summed E-state index contributed by atoms with van der Waals surface area (Å²) < 4.78 is 7.16. The SMILES string of the molecule is COC1CC(O)(CCc2nccn2C)C1. The van der Waals surface area contributed by atoms with Crippen LogP contribution in [0.15, 0.2) is 12.4 Å². The van der Waals surface area contributed by atoms with Crippen molar-refractivity contribution in [2.24, 2.45) is 7.05 Å². The minimum atomic E-state index is -0.521. The third kappa shape index (κ3) is 2.21. The average molecular weight is 210 g/mol. The van der Waals surface area contributed by atoms with Crippen LogP contribution in [0.25, 0.3) is 0 Å². The lowest BCUT2D eigenvalue weighted by atomic mass is 9.74. The zero-order valence-electron chi connectivity index (χ0n) is 9.31. The Balaban J connectivity index is 1.82. The van der Waals surface area contributed by atoms with Gasteiger partial charge in [0.25, 0.3) is 0 Å². The number of aromatic nitrogens is 2. The number of nitrogens with zero attached hydrogens (tertiary/aromatic N) is 2. The first-order valence-corrected chi connectivity index (χ1v) is 5.34. The van der Waals surface area contributed by atoms with Crippen LogP contribution in [0.2, 0.25) is 0 Å². The molecule has 1 aromatic heterocycles. The number of rotatable bonds is 4. The molecule has 4 nitrogen and oxygen atoms in total. The molecule has 0 unspecified atom stereocenters. The highest BCUT2D eigenvalue weighted by atomic mass is 16.5. The van der Waals surface area contributed by atoms with Crippen LogP contribution in [0.3, 0.4) is 0 Å². The summed E-state index contributed by atoms with van der Waals surface area (Å²) in [6, 6.07) is 0. The van der Waals surface area contributed by atoms with Crippen molar-refractivity contribution in [3.05, 3.63) is 18.2 Å². The predicted octanol–water partition coefficient (Wildman–Crippen LogP) is 0.893. The quantitative estimate of drug-likeness (QED) is 0.803. The number of methoxy groups -OCH3 is 1. The average Bonchev–Trinajstić information content (AvgIpc) is 2.56. The fourth-order valence-electron chi connectivity index (χ4n) is 2.14. The molecule has 1 aromatic rings. The van der Waals surface area contributed by atoms with Crippen molar-refractivity contribution in [3.8, 4) is 0 Å². The molecule has 0 saturated heterocycles. The van der Waals surface area contributed by atoms with Crippen LogP contribution >= 0.6 is 0 Å². The smallest absolute Gasteiger partial charge is 0.108 e. The molecule has 0 bridgehead atoms. The van der Waals surface area contributed by atoms with E-state index in [9.17, 15) is 5.11 Å². The largest absolute Gasteiger partial charge is 0.390 e. The summed E-state index contributed by atoms with van der Waals surface area (Å²) in [5.41, 5.74) is -0.521. The van der Waals surface area contributed by atoms with Gasteiger partial charge in [-0.25, -0.2) is 4.98 Å². The summed E-state index contributed by atoms with van der Waals surface area (Å²) in [6.45, 7) is 0. The van der Waals surface area contributed by atoms with Gasteiger partial charge in [0.05, 0.1) is 11.7 Å². The van der Waals surface area contributed by atoms with Crippen LogP contribution in [0.1, 0.15) is 25.1 Å². The molecule has 0 amide bonds. The molecule has 1 saturated carbocycles. The lowest BCUT2D eigenvalue weighted by Crippen LogP contribution is -2.48. The van der Waals surface area contributed by atoms with E-state index >= 15 is 0 Å². The Morgan fingerprint density at radius 1 is 1.67 bits per heavy atom. The maximum absolute atomic E-state index is 10.1. The lowest BCUT2D eigenvalue weighted by Gasteiger charge is -2.42. The van der Waals surface area contributed by atoms with Gasteiger partial charge in [-0.1, -0.05) is 0 Å². The molecule has 4 heteroatoms. The zero-order chi connectivity index (χ0) is 10.9. The predicted molar refractivity (Wildman–Crippen MR) is 56.5 cm³/mol. The third-order valence-electron chi connectivity index (χ3n) is 3.28. The van der Waals surface area contributed by atoms with E-state index in [0.717, 1.165) is 31.5 Å². The van der Waals surface area contributed by atoms with Gasteiger partial charge >= 0.3 is 0 Å². The number of aliphatic hydroxyl groups is 1. The van der Waals surface area contributed by atoms with Crippen LogP contribution in [-0.2, 0) is 18.2 Å². The first kappa shape index (κ1) is 10.6. The van der Waals surface area contributed by atoms with Crippen LogP contribution in [0, 0.1) is 0 Å². The highest BCUT2D eigenvalue weighted by molar-refractivity contribution is 4.99. The van der Waals surface area contributed by atoms with Crippen molar-refractivity contribution < 1.29 is 9.84 Å². The number of aryl methyl sites for hydroxylation is 2. The number of hydrogen-bond donors (Lipinski definition) is 1. The molecule has 0 aromatic carbocycles. The highest BCUT2D eigenvalue weighted by Gasteiger charge is 2.42. The van der Waals surface area contributed by atoms with Crippen molar-refractivity contribution in [1.82, 2.24) is 9.55 Å². The maximum Gasteiger partial charge on any atom is 0.108 e. The topological polar surface area (TPSA) is 47.3 Å². The first-order chi connectivity index (χ1) is 7.13. The summed E-state index contributed by atoms with van der Waals surface area (Å²) in [5, 5.41) is 10.1. The van der Waals surface area contributed by atoms with Crippen molar-refractivity contribution >= 4 is 0 Å². The van der Waals surface area contributed by atoms with Crippen LogP contribution < -0.4 is 0 Å². The lowest BCUT2D eigenvalue weighted by molar-refractivity contribution is -0.131. The van der Waals surface area contributed by atoms with Gasteiger partial charge in [-0.2, -0.15) is 0 Å². The van der Waals surface area contributed by atoms with E-state index in [4.69, 9.17) is 4.74 Å². The van der Waals surface area contributed by atoms with Crippen molar-refractivity contribution in [1.29, 1.82) is 0 Å². The summed E-state index contributed by atoms with van der Waals surface area (Å²) in [7, 11) is 3.67. The Labute approximate surface area is 89.9 Å². The second kappa shape index (κ2) is 3.94. The van der Waals surface area contributed by atoms with Gasteiger partial charge in [-0.15, -0.1) is 0 Å². The normalized spacial score (nSPS) is 30.2. The third-order valence-corrected chi connectivity index (χ3v) is 3.28. The minimum Gasteiger partial charge on any atom is -0.390 e. The van der Waals surface area contributed by atoms with Gasteiger partial charge in [0.1, 0.15) is 5.82 Å². The molecular formula is C11H18N2O2. The van der Waals surface area contributed by atoms with Crippen LogP contribution in [0.5, 0.6) is 0 Å². The second-order valence-corrected chi connectivity index (χ2v) is 4.44. The van der Waals surface area contributed by atoms with Gasteiger partial charge in [0, 0.05) is 45.8 Å². The van der Waals surface area contributed by atoms with Gasteiger partial charge < -0.3 is 14.4 Å². The molecule has 1 aliphatic rings. The number of ether oxygens (including phenoxy) is 1. The number of hydrogen-bond acceptors (Lipinski definition) is 3. The van der Waals surface area contributed by atoms with E-state index < -0.39 is 5.60 Å². The van der Waals surface area contributed by atoms with Crippen molar-refractivity contribution in [2.45, 2.75) is 37.4 Å². The Bertz CT molecular complexity index is 329. The molecule has 2 rings (SSSR count). The summed E-state index contributed by atoms with van der Waals surface area (Å²) in [5.74, 6) is 1.03. The summed E-state index contributed by atoms with van der Waals surface area (Å²) >= 11 is 0. The fraction of sp³-hybridized carbons (Fsp3) is 0.727. The molecule has 1 heterocycles. The van der Waals surface area contributed by atoms with Gasteiger partial charge in [0.15, 0.2) is 0 Å². The second-order valence-electron chi connectivity index (χ2n) is 4.44. The molecule has 15 heavy (non-hydrogen) atoms. The molecular weight excluding hydrogens is 192 g/mol. The molecule has 1 aliphatic carbocycles. The monoisotopic (exact) mass is 210 g/mol. The summed E-state index contributed by atoms with van der Waals surface area (Å²) in [6.07, 6.45) is 7.09. The molecule has 84 valence electrons. The molecule has 0 atom stereocenters. The van der Waals surface area contributed by atoms with Crippen molar-refractivity contribution in [2.75, 3.05) is 7.11 Å². The Morgan fingerprint density at radius 3 is 2.93 bits per heavy atom. The first-order valence-electron chi connectivity index (χ1n) is 5.34. The fourth-order valence-corrected chi connectivity index (χ4v) is 2.14. The van der Waals surface area contributed by atoms with Crippen molar-refractivity contribution in [3.63, 3.8) is 0 Å². The van der Waals surface area contributed by atoms with E-state index in [1.54, 1.807) is 13.3 Å². The molecule has 0 spiro atoms. The standard InChI is InChI=1S/C11H18N2O2/c1-13-6-5-12-10(13)3-4-11(14)7-9(8-11)15-2/h5-6,9,14H,3-4,7-8H2,1-2H3. The minimum absolute atomic E-state index is 0.247. The van der Waals surface area contributed by atoms with E-state index in [-0.39, 0.29) is 6.10 Å². The molecule has 1 N–H and O–H groups in total. The summed E-state index contributed by atoms with van der Waals surface area (Å²) in [4.78, 5) is 4.24. The molecule has 0 radical (unpaired) electrons. The highest BCUT2D eigenvalue weighted by Crippen LogP contribution is 2.37. The van der Waals surface area contributed by atoms with Gasteiger partial charge in [-0.3, -0.25) is 0 Å². The Hall–Kier alpha value is -0.870. The van der Waals surface area contributed by atoms with E-state index in [0.29, 0.717) is 0 Å². The van der Waals surface area contributed by atoms with Gasteiger partial charge in [-0.05, 0) is 6.42 Å². The van der Waals surface area contributed by atoms with E-state index in [1.807, 2.05) is 17.8 Å². The van der Waals surface area contributed by atoms with E-state index in [1.165, 1.54) is 0 Å². The maximum atomic E-state index is 10.1. The van der Waals surface area contributed by atoms with Gasteiger partial charge in [0.2, 0.25) is 0 Å².